The van der Waals surface area contributed by atoms with Crippen molar-refractivity contribution in [3.8, 4) is 0 Å². The number of carbonyl (C=O) groups is 1. The number of ether oxygens (including phenoxy) is 1. The molecule has 1 saturated carbocycles. The van der Waals surface area contributed by atoms with Crippen LogP contribution in [0.3, 0.4) is 0 Å². The predicted molar refractivity (Wildman–Crippen MR) is 129 cm³/mol. The van der Waals surface area contributed by atoms with E-state index in [1.54, 1.807) is 12.1 Å². The highest BCUT2D eigenvalue weighted by Gasteiger charge is 2.75. The van der Waals surface area contributed by atoms with Crippen LogP contribution in [0.15, 0.2) is 60.2 Å². The summed E-state index contributed by atoms with van der Waals surface area (Å²) in [5, 5.41) is 11.2. The first-order valence-corrected chi connectivity index (χ1v) is 12.8. The maximum Gasteiger partial charge on any atom is 0.269 e. The first kappa shape index (κ1) is 20.2. The van der Waals surface area contributed by atoms with Gasteiger partial charge in [-0.15, -0.1) is 0 Å². The van der Waals surface area contributed by atoms with Gasteiger partial charge in [0.25, 0.3) is 5.69 Å². The smallest absolute Gasteiger partial charge is 0.269 e. The van der Waals surface area contributed by atoms with E-state index in [0.717, 1.165) is 48.2 Å². The highest BCUT2D eigenvalue weighted by molar-refractivity contribution is 5.99. The second-order valence-corrected chi connectivity index (χ2v) is 11.5. The second kappa shape index (κ2) is 6.59. The van der Waals surface area contributed by atoms with E-state index >= 15 is 0 Å². The quantitative estimate of drug-likeness (QED) is 0.297. The van der Waals surface area contributed by atoms with E-state index in [4.69, 9.17) is 4.74 Å². The number of piperidine rings is 2. The molecule has 6 aliphatic rings. The van der Waals surface area contributed by atoms with Crippen LogP contribution in [0.25, 0.3) is 0 Å². The number of hydrogen-bond donors (Lipinski definition) is 0. The van der Waals surface area contributed by atoms with Gasteiger partial charge in [-0.1, -0.05) is 24.3 Å². The molecular weight excluding hydrogens is 442 g/mol. The fourth-order valence-corrected chi connectivity index (χ4v) is 9.29. The molecular formula is C28H28N3O4+. The number of benzene rings is 2. The van der Waals surface area contributed by atoms with E-state index in [9.17, 15) is 14.9 Å². The lowest BCUT2D eigenvalue weighted by Gasteiger charge is -2.60. The van der Waals surface area contributed by atoms with Crippen molar-refractivity contribution in [1.29, 1.82) is 0 Å². The second-order valence-electron chi connectivity index (χ2n) is 11.5. The van der Waals surface area contributed by atoms with Gasteiger partial charge in [0.15, 0.2) is 0 Å². The molecule has 0 radical (unpaired) electrons. The summed E-state index contributed by atoms with van der Waals surface area (Å²) in [6, 6.07) is 16.4. The predicted octanol–water partition coefficient (Wildman–Crippen LogP) is 3.72. The highest BCUT2D eigenvalue weighted by Crippen LogP contribution is 2.67. The van der Waals surface area contributed by atoms with E-state index in [2.05, 4.69) is 35.2 Å². The average Bonchev–Trinajstić information content (AvgIpc) is 3.29. The third-order valence-corrected chi connectivity index (χ3v) is 10.4. The molecule has 3 saturated heterocycles. The summed E-state index contributed by atoms with van der Waals surface area (Å²) < 4.78 is 7.36. The number of nitrogens with zero attached hydrogens (tertiary/aromatic N) is 3. The molecule has 7 heteroatoms. The lowest BCUT2D eigenvalue weighted by Crippen LogP contribution is -2.72. The Morgan fingerprint density at radius 1 is 1.17 bits per heavy atom. The summed E-state index contributed by atoms with van der Waals surface area (Å²) in [6.45, 7) is 3.54. The number of non-ortho nitro benzene ring substituents is 1. The average molecular weight is 471 g/mol. The number of carbonyl (C=O) groups excluding carboxylic acids is 1. The molecule has 1 spiro atoms. The van der Waals surface area contributed by atoms with Gasteiger partial charge < -0.3 is 14.1 Å². The third kappa shape index (κ3) is 2.36. The number of para-hydroxylation sites is 1. The maximum atomic E-state index is 13.6. The molecule has 2 aromatic rings. The number of quaternary nitrogens is 1. The van der Waals surface area contributed by atoms with Crippen LogP contribution in [0, 0.1) is 22.0 Å². The van der Waals surface area contributed by atoms with E-state index in [0.29, 0.717) is 30.9 Å². The molecule has 0 N–H and O–H groups in total. The summed E-state index contributed by atoms with van der Waals surface area (Å²) in [6.07, 6.45) is 5.01. The molecule has 2 aromatic carbocycles. The van der Waals surface area contributed by atoms with Gasteiger partial charge in [-0.05, 0) is 35.3 Å². The first-order valence-electron chi connectivity index (χ1n) is 12.8. The van der Waals surface area contributed by atoms with Gasteiger partial charge in [0.2, 0.25) is 5.91 Å². The lowest BCUT2D eigenvalue weighted by molar-refractivity contribution is -0.955. The fourth-order valence-electron chi connectivity index (χ4n) is 9.29. The Hall–Kier alpha value is -3.03. The largest absolute Gasteiger partial charge is 0.373 e. The molecule has 5 heterocycles. The molecule has 5 aliphatic heterocycles. The van der Waals surface area contributed by atoms with Crippen LogP contribution in [0.5, 0.6) is 0 Å². The summed E-state index contributed by atoms with van der Waals surface area (Å²) in [5.74, 6) is 1.03. The van der Waals surface area contributed by atoms with E-state index in [1.165, 1.54) is 11.1 Å². The van der Waals surface area contributed by atoms with Crippen LogP contribution in [-0.4, -0.2) is 53.2 Å². The van der Waals surface area contributed by atoms with Crippen molar-refractivity contribution in [2.45, 2.75) is 49.4 Å². The van der Waals surface area contributed by atoms with Gasteiger partial charge >= 0.3 is 0 Å². The number of rotatable bonds is 3. The number of anilines is 1. The highest BCUT2D eigenvalue weighted by atomic mass is 16.6. The van der Waals surface area contributed by atoms with Crippen molar-refractivity contribution in [2.24, 2.45) is 11.8 Å². The van der Waals surface area contributed by atoms with Gasteiger partial charge in [0.05, 0.1) is 42.1 Å². The number of fused-ring (bicyclic) bond motifs is 2. The van der Waals surface area contributed by atoms with Crippen molar-refractivity contribution < 1.29 is 18.9 Å². The summed E-state index contributed by atoms with van der Waals surface area (Å²) >= 11 is 0. The number of amides is 1. The molecule has 1 aliphatic carbocycles. The molecule has 7 unspecified atom stereocenters. The van der Waals surface area contributed by atoms with Crippen molar-refractivity contribution in [1.82, 2.24) is 0 Å². The van der Waals surface area contributed by atoms with Crippen molar-refractivity contribution in [2.75, 3.05) is 24.6 Å². The molecule has 35 heavy (non-hydrogen) atoms. The standard InChI is InChI=1S/C28H28N3O4/c32-25-14-23-26-20-13-24-28(21-3-1-2-4-22(21)29(25)27(26)28)10-11-31(24,16-18(20)9-12-35-23)15-17-5-7-19(8-6-17)30(33)34/h1-9,20,23-24,26-27H,10-16H2/q+1. The van der Waals surface area contributed by atoms with E-state index < -0.39 is 0 Å². The topological polar surface area (TPSA) is 72.7 Å². The first-order chi connectivity index (χ1) is 17.0. The van der Waals surface area contributed by atoms with Crippen molar-refractivity contribution in [3.63, 3.8) is 0 Å². The SMILES string of the molecule is O=C1CC2OCC=C3C[N+]4(Cc5ccc([N+](=O)[O-])cc5)CCC56c7ccccc7N1C5C2C3CC64. The third-order valence-electron chi connectivity index (χ3n) is 10.4. The van der Waals surface area contributed by atoms with Gasteiger partial charge in [-0.25, -0.2) is 0 Å². The van der Waals surface area contributed by atoms with E-state index in [-0.39, 0.29) is 34.1 Å². The minimum atomic E-state index is -0.329. The van der Waals surface area contributed by atoms with Crippen LogP contribution >= 0.6 is 0 Å². The zero-order valence-corrected chi connectivity index (χ0v) is 19.5. The molecule has 7 atom stereocenters. The van der Waals surface area contributed by atoms with Crippen LogP contribution in [0.1, 0.15) is 30.4 Å². The van der Waals surface area contributed by atoms with Crippen molar-refractivity contribution in [3.05, 3.63) is 81.4 Å². The molecule has 8 rings (SSSR count). The molecule has 7 nitrogen and oxygen atoms in total. The minimum Gasteiger partial charge on any atom is -0.373 e. The molecule has 178 valence electrons. The Labute approximate surface area is 203 Å². The van der Waals surface area contributed by atoms with Crippen molar-refractivity contribution >= 4 is 17.3 Å². The Kier molecular flexibility index (Phi) is 3.80. The Balaban J connectivity index is 1.31. The Morgan fingerprint density at radius 2 is 2.00 bits per heavy atom. The van der Waals surface area contributed by atoms with E-state index in [1.807, 2.05) is 12.1 Å². The number of nitro benzene ring substituents is 1. The summed E-state index contributed by atoms with van der Waals surface area (Å²) in [7, 11) is 0. The van der Waals surface area contributed by atoms with Gasteiger partial charge in [0.1, 0.15) is 19.1 Å². The van der Waals surface area contributed by atoms with Crippen LogP contribution in [-0.2, 0) is 21.5 Å². The monoisotopic (exact) mass is 470 g/mol. The molecule has 1 amide bonds. The van der Waals surface area contributed by atoms with Gasteiger partial charge in [-0.2, -0.15) is 0 Å². The number of hydrogen-bond acceptors (Lipinski definition) is 4. The lowest BCUT2D eigenvalue weighted by atomic mass is 9.53. The maximum absolute atomic E-state index is 13.6. The fraction of sp³-hybridized carbons (Fsp3) is 0.464. The molecule has 2 bridgehead atoms. The summed E-state index contributed by atoms with van der Waals surface area (Å²) in [4.78, 5) is 26.6. The van der Waals surface area contributed by atoms with Crippen LogP contribution < -0.4 is 4.90 Å². The Morgan fingerprint density at radius 3 is 2.83 bits per heavy atom. The molecule has 4 fully saturated rings. The zero-order valence-electron chi connectivity index (χ0n) is 19.5. The van der Waals surface area contributed by atoms with Gasteiger partial charge in [0, 0.05) is 42.1 Å². The van der Waals surface area contributed by atoms with Crippen LogP contribution in [0.2, 0.25) is 0 Å². The zero-order chi connectivity index (χ0) is 23.5. The summed E-state index contributed by atoms with van der Waals surface area (Å²) in [5.41, 5.74) is 5.24. The Bertz CT molecular complexity index is 1320. The van der Waals surface area contributed by atoms with Gasteiger partial charge in [-0.3, -0.25) is 14.9 Å². The molecule has 0 aromatic heterocycles. The normalized spacial score (nSPS) is 39.7. The number of nitro groups is 1. The van der Waals surface area contributed by atoms with Crippen LogP contribution in [0.4, 0.5) is 11.4 Å². The minimum absolute atomic E-state index is 0.00455.